The van der Waals surface area contributed by atoms with Crippen LogP contribution in [0.25, 0.3) is 10.2 Å². The first-order valence-corrected chi connectivity index (χ1v) is 10.1. The number of aromatic nitrogens is 1. The van der Waals surface area contributed by atoms with E-state index in [2.05, 4.69) is 6.07 Å². The molecule has 0 spiro atoms. The van der Waals surface area contributed by atoms with Crippen LogP contribution in [-0.2, 0) is 0 Å². The van der Waals surface area contributed by atoms with E-state index in [0.29, 0.717) is 18.2 Å². The Labute approximate surface area is 189 Å². The Morgan fingerprint density at radius 2 is 1.90 bits per heavy atom. The number of anilines is 1. The summed E-state index contributed by atoms with van der Waals surface area (Å²) >= 11 is 7.64. The molecule has 0 fully saturated rings. The highest BCUT2D eigenvalue weighted by atomic mass is 35.5. The van der Waals surface area contributed by atoms with Gasteiger partial charge < -0.3 is 4.90 Å². The van der Waals surface area contributed by atoms with Crippen LogP contribution in [0.2, 0.25) is 5.02 Å². The van der Waals surface area contributed by atoms with Crippen LogP contribution < -0.4 is 4.90 Å². The van der Waals surface area contributed by atoms with Gasteiger partial charge in [0.15, 0.2) is 5.13 Å². The molecule has 1 amide bonds. The second-order valence-corrected chi connectivity index (χ2v) is 8.52. The van der Waals surface area contributed by atoms with Gasteiger partial charge in [-0.2, -0.15) is 0 Å². The van der Waals surface area contributed by atoms with Crippen molar-refractivity contribution in [3.63, 3.8) is 0 Å². The number of nitro benzene ring substituents is 1. The van der Waals surface area contributed by atoms with Gasteiger partial charge in [-0.25, -0.2) is 4.98 Å². The maximum atomic E-state index is 13.3. The van der Waals surface area contributed by atoms with Gasteiger partial charge in [-0.1, -0.05) is 29.0 Å². The fraction of sp³-hybridized carbons (Fsp3) is 0.300. The van der Waals surface area contributed by atoms with Crippen molar-refractivity contribution < 1.29 is 9.72 Å². The smallest absolute Gasteiger partial charge is 0.270 e. The summed E-state index contributed by atoms with van der Waals surface area (Å²) in [4.78, 5) is 32.2. The van der Waals surface area contributed by atoms with Crippen LogP contribution >= 0.6 is 35.3 Å². The number of rotatable bonds is 6. The minimum absolute atomic E-state index is 0. The van der Waals surface area contributed by atoms with Crippen molar-refractivity contribution in [3.05, 3.63) is 62.2 Å². The lowest BCUT2D eigenvalue weighted by Gasteiger charge is -2.22. The molecular weight excluding hydrogens is 447 g/mol. The van der Waals surface area contributed by atoms with Gasteiger partial charge in [0.05, 0.1) is 25.7 Å². The molecule has 3 rings (SSSR count). The molecule has 2 aromatic carbocycles. The highest BCUT2D eigenvalue weighted by Gasteiger charge is 2.25. The van der Waals surface area contributed by atoms with Crippen LogP contribution in [-0.4, -0.2) is 47.9 Å². The zero-order valence-corrected chi connectivity index (χ0v) is 19.4. The van der Waals surface area contributed by atoms with E-state index in [1.165, 1.54) is 29.5 Å². The van der Waals surface area contributed by atoms with E-state index < -0.39 is 10.8 Å². The fourth-order valence-electron chi connectivity index (χ4n) is 2.99. The second kappa shape index (κ2) is 9.70. The van der Waals surface area contributed by atoms with Gasteiger partial charge in [0.25, 0.3) is 11.6 Å². The van der Waals surface area contributed by atoms with Crippen molar-refractivity contribution in [2.24, 2.45) is 0 Å². The van der Waals surface area contributed by atoms with E-state index in [1.807, 2.05) is 38.9 Å². The number of fused-ring (bicyclic) bond motifs is 1. The Bertz CT molecular complexity index is 1100. The molecule has 3 aromatic rings. The molecule has 0 aliphatic heterocycles. The van der Waals surface area contributed by atoms with Crippen LogP contribution in [0.4, 0.5) is 10.8 Å². The van der Waals surface area contributed by atoms with E-state index >= 15 is 0 Å². The average Bonchev–Trinajstić information content (AvgIpc) is 3.05. The summed E-state index contributed by atoms with van der Waals surface area (Å²) in [7, 11) is 3.82. The van der Waals surface area contributed by atoms with Crippen LogP contribution in [0.5, 0.6) is 0 Å². The van der Waals surface area contributed by atoms with Gasteiger partial charge in [0.2, 0.25) is 0 Å². The molecule has 1 aromatic heterocycles. The molecule has 0 atom stereocenters. The monoisotopic (exact) mass is 468 g/mol. The van der Waals surface area contributed by atoms with E-state index in [9.17, 15) is 14.9 Å². The standard InChI is InChI=1S/C20H21ClN4O3S.ClH/c1-12-9-13(2)18-17(10-12)29-20(22-18)24(8-7-23(3)4)19(26)15-11-14(25(27)28)5-6-16(15)21;/h5-6,9-11H,7-8H2,1-4H3;1H. The summed E-state index contributed by atoms with van der Waals surface area (Å²) < 4.78 is 0.991. The number of hydrogen-bond donors (Lipinski definition) is 0. The van der Waals surface area contributed by atoms with Crippen LogP contribution in [0.1, 0.15) is 21.5 Å². The number of carbonyl (C=O) groups excluding carboxylic acids is 1. The van der Waals surface area contributed by atoms with Crippen LogP contribution in [0, 0.1) is 24.0 Å². The number of thiazole rings is 1. The van der Waals surface area contributed by atoms with Crippen molar-refractivity contribution in [2.45, 2.75) is 13.8 Å². The van der Waals surface area contributed by atoms with Gasteiger partial charge in [0.1, 0.15) is 0 Å². The van der Waals surface area contributed by atoms with E-state index in [4.69, 9.17) is 16.6 Å². The van der Waals surface area contributed by atoms with Gasteiger partial charge in [0, 0.05) is 25.2 Å². The number of carbonyl (C=O) groups is 1. The lowest BCUT2D eigenvalue weighted by Crippen LogP contribution is -2.37. The Morgan fingerprint density at radius 1 is 1.20 bits per heavy atom. The summed E-state index contributed by atoms with van der Waals surface area (Å²) in [5.74, 6) is -0.408. The molecule has 0 bridgehead atoms. The summed E-state index contributed by atoms with van der Waals surface area (Å²) in [5.41, 5.74) is 2.92. The average molecular weight is 469 g/mol. The fourth-order valence-corrected chi connectivity index (χ4v) is 4.36. The highest BCUT2D eigenvalue weighted by Crippen LogP contribution is 2.33. The van der Waals surface area contributed by atoms with Crippen LogP contribution in [0.3, 0.4) is 0 Å². The number of nitrogens with zero attached hydrogens (tertiary/aromatic N) is 4. The predicted octanol–water partition coefficient (Wildman–Crippen LogP) is 5.10. The summed E-state index contributed by atoms with van der Waals surface area (Å²) in [5, 5.41) is 11.9. The first-order chi connectivity index (χ1) is 13.7. The first-order valence-electron chi connectivity index (χ1n) is 8.95. The number of benzene rings is 2. The molecular formula is C20H22Cl2N4O3S. The minimum Gasteiger partial charge on any atom is -0.308 e. The topological polar surface area (TPSA) is 79.6 Å². The summed E-state index contributed by atoms with van der Waals surface area (Å²) in [6.07, 6.45) is 0. The van der Waals surface area contributed by atoms with Gasteiger partial charge in [-0.15, -0.1) is 12.4 Å². The summed E-state index contributed by atoms with van der Waals surface area (Å²) in [6, 6.07) is 7.97. The van der Waals surface area contributed by atoms with Crippen molar-refractivity contribution >= 4 is 62.3 Å². The number of aryl methyl sites for hydroxylation is 2. The Balaban J connectivity index is 0.00000320. The summed E-state index contributed by atoms with van der Waals surface area (Å²) in [6.45, 7) is 4.99. The van der Waals surface area contributed by atoms with Crippen molar-refractivity contribution in [3.8, 4) is 0 Å². The van der Waals surface area contributed by atoms with E-state index in [-0.39, 0.29) is 28.7 Å². The molecule has 10 heteroatoms. The molecule has 30 heavy (non-hydrogen) atoms. The third kappa shape index (κ3) is 5.07. The molecule has 0 radical (unpaired) electrons. The quantitative estimate of drug-likeness (QED) is 0.371. The number of halogens is 2. The number of non-ortho nitro benzene ring substituents is 1. The lowest BCUT2D eigenvalue weighted by molar-refractivity contribution is -0.384. The molecule has 160 valence electrons. The van der Waals surface area contributed by atoms with Gasteiger partial charge in [-0.05, 0) is 51.2 Å². The number of amides is 1. The van der Waals surface area contributed by atoms with Gasteiger partial charge in [-0.3, -0.25) is 19.8 Å². The normalized spacial score (nSPS) is 10.9. The zero-order chi connectivity index (χ0) is 21.3. The maximum absolute atomic E-state index is 13.3. The number of nitro groups is 1. The zero-order valence-electron chi connectivity index (χ0n) is 17.0. The highest BCUT2D eigenvalue weighted by molar-refractivity contribution is 7.22. The maximum Gasteiger partial charge on any atom is 0.270 e. The van der Waals surface area contributed by atoms with Crippen molar-refractivity contribution in [1.29, 1.82) is 0 Å². The molecule has 0 aliphatic rings. The Kier molecular flexibility index (Phi) is 7.76. The van der Waals surface area contributed by atoms with Gasteiger partial charge >= 0.3 is 0 Å². The number of hydrogen-bond acceptors (Lipinski definition) is 6. The third-order valence-electron chi connectivity index (χ3n) is 4.46. The molecule has 0 saturated heterocycles. The molecule has 0 unspecified atom stereocenters. The van der Waals surface area contributed by atoms with Crippen molar-refractivity contribution in [2.75, 3.05) is 32.1 Å². The molecule has 7 nitrogen and oxygen atoms in total. The first kappa shape index (κ1) is 24.0. The number of likely N-dealkylation sites (N-methyl/N-ethyl adjacent to an activating group) is 1. The SMILES string of the molecule is Cc1cc(C)c2nc(N(CCN(C)C)C(=O)c3cc([N+](=O)[O-])ccc3Cl)sc2c1.Cl. The lowest BCUT2D eigenvalue weighted by atomic mass is 10.1. The largest absolute Gasteiger partial charge is 0.308 e. The Morgan fingerprint density at radius 3 is 2.53 bits per heavy atom. The van der Waals surface area contributed by atoms with Crippen molar-refractivity contribution in [1.82, 2.24) is 9.88 Å². The minimum atomic E-state index is -0.541. The molecule has 1 heterocycles. The van der Waals surface area contributed by atoms with E-state index in [1.54, 1.807) is 4.90 Å². The van der Waals surface area contributed by atoms with E-state index in [0.717, 1.165) is 21.3 Å². The Hall–Kier alpha value is -2.26. The van der Waals surface area contributed by atoms with Crippen LogP contribution in [0.15, 0.2) is 30.3 Å². The molecule has 0 saturated carbocycles. The predicted molar refractivity (Wildman–Crippen MR) is 125 cm³/mol. The second-order valence-electron chi connectivity index (χ2n) is 7.11. The third-order valence-corrected chi connectivity index (χ3v) is 5.81. The molecule has 0 N–H and O–H groups in total. The molecule has 0 aliphatic carbocycles.